The maximum absolute atomic E-state index is 12.1. The van der Waals surface area contributed by atoms with Crippen molar-refractivity contribution >= 4 is 28.9 Å². The van der Waals surface area contributed by atoms with Crippen LogP contribution in [0.5, 0.6) is 5.75 Å². The van der Waals surface area contributed by atoms with E-state index < -0.39 is 6.36 Å². The Morgan fingerprint density at radius 3 is 2.21 bits per heavy atom. The van der Waals surface area contributed by atoms with Crippen LogP contribution in [-0.4, -0.2) is 24.4 Å². The van der Waals surface area contributed by atoms with Crippen LogP contribution in [0.2, 0.25) is 0 Å². The first-order valence-electron chi connectivity index (χ1n) is 6.76. The van der Waals surface area contributed by atoms with Crippen LogP contribution in [0.3, 0.4) is 0 Å². The molecule has 24 heavy (non-hydrogen) atoms. The normalized spacial score (nSPS) is 10.8. The zero-order chi connectivity index (χ0) is 17.7. The number of carbonyl (C=O) groups is 1. The molecule has 8 heteroatoms. The van der Waals surface area contributed by atoms with Crippen molar-refractivity contribution in [1.82, 2.24) is 5.32 Å². The number of halogens is 3. The SMILES string of the molecule is CN(C(=S)NC(=O)c1ccccc1)c1ccc(OC(F)(F)F)cc1. The molecule has 0 unspecified atom stereocenters. The lowest BCUT2D eigenvalue weighted by molar-refractivity contribution is -0.274. The van der Waals surface area contributed by atoms with E-state index in [4.69, 9.17) is 12.2 Å². The predicted molar refractivity (Wildman–Crippen MR) is 88.0 cm³/mol. The molecule has 1 amide bonds. The average Bonchev–Trinajstić information content (AvgIpc) is 2.54. The zero-order valence-corrected chi connectivity index (χ0v) is 13.3. The van der Waals surface area contributed by atoms with Crippen molar-refractivity contribution in [2.45, 2.75) is 6.36 Å². The molecule has 2 aromatic rings. The molecule has 4 nitrogen and oxygen atoms in total. The Bertz CT molecular complexity index is 718. The van der Waals surface area contributed by atoms with Crippen LogP contribution >= 0.6 is 12.2 Å². The number of amides is 1. The quantitative estimate of drug-likeness (QED) is 0.853. The van der Waals surface area contributed by atoms with Crippen LogP contribution in [0.15, 0.2) is 54.6 Å². The Balaban J connectivity index is 2.01. The number of alkyl halides is 3. The molecular weight excluding hydrogens is 341 g/mol. The molecule has 0 aromatic heterocycles. The first-order chi connectivity index (χ1) is 11.3. The number of thiocarbonyl (C=S) groups is 1. The molecule has 0 heterocycles. The molecular formula is C16H13F3N2O2S. The largest absolute Gasteiger partial charge is 0.573 e. The van der Waals surface area contributed by atoms with Crippen molar-refractivity contribution in [3.63, 3.8) is 0 Å². The number of carbonyl (C=O) groups excluding carboxylic acids is 1. The molecule has 0 aliphatic rings. The van der Waals surface area contributed by atoms with E-state index >= 15 is 0 Å². The first-order valence-corrected chi connectivity index (χ1v) is 7.17. The smallest absolute Gasteiger partial charge is 0.406 e. The third kappa shape index (κ3) is 4.95. The van der Waals surface area contributed by atoms with Crippen molar-refractivity contribution in [2.75, 3.05) is 11.9 Å². The van der Waals surface area contributed by atoms with Gasteiger partial charge in [0, 0.05) is 18.3 Å². The van der Waals surface area contributed by atoms with E-state index in [1.807, 2.05) is 0 Å². The second-order valence-electron chi connectivity index (χ2n) is 4.73. The Morgan fingerprint density at radius 2 is 1.67 bits per heavy atom. The number of anilines is 1. The summed E-state index contributed by atoms with van der Waals surface area (Å²) in [4.78, 5) is 13.5. The minimum atomic E-state index is -4.74. The van der Waals surface area contributed by atoms with Crippen molar-refractivity contribution < 1.29 is 22.7 Å². The summed E-state index contributed by atoms with van der Waals surface area (Å²) in [6.07, 6.45) is -4.74. The fraction of sp³-hybridized carbons (Fsp3) is 0.125. The highest BCUT2D eigenvalue weighted by Crippen LogP contribution is 2.25. The molecule has 2 aromatic carbocycles. The fourth-order valence-corrected chi connectivity index (χ4v) is 2.03. The summed E-state index contributed by atoms with van der Waals surface area (Å²) < 4.78 is 40.2. The highest BCUT2D eigenvalue weighted by atomic mass is 32.1. The Kier molecular flexibility index (Phi) is 5.40. The number of benzene rings is 2. The van der Waals surface area contributed by atoms with Crippen LogP contribution < -0.4 is 15.0 Å². The molecule has 0 fully saturated rings. The van der Waals surface area contributed by atoms with E-state index in [9.17, 15) is 18.0 Å². The van der Waals surface area contributed by atoms with Gasteiger partial charge in [-0.25, -0.2) is 0 Å². The molecule has 126 valence electrons. The molecule has 0 radical (unpaired) electrons. The number of nitrogens with zero attached hydrogens (tertiary/aromatic N) is 1. The lowest BCUT2D eigenvalue weighted by Crippen LogP contribution is -2.40. The Morgan fingerprint density at radius 1 is 1.08 bits per heavy atom. The molecule has 1 N–H and O–H groups in total. The van der Waals surface area contributed by atoms with Crippen LogP contribution in [0.1, 0.15) is 10.4 Å². The number of hydrogen-bond donors (Lipinski definition) is 1. The number of rotatable bonds is 3. The maximum atomic E-state index is 12.1. The monoisotopic (exact) mass is 354 g/mol. The first kappa shape index (κ1) is 17.7. The number of ether oxygens (including phenoxy) is 1. The van der Waals surface area contributed by atoms with Crippen LogP contribution in [0.25, 0.3) is 0 Å². The van der Waals surface area contributed by atoms with Crippen LogP contribution in [0.4, 0.5) is 18.9 Å². The molecule has 0 aliphatic heterocycles. The summed E-state index contributed by atoms with van der Waals surface area (Å²) in [7, 11) is 1.59. The molecule has 0 bridgehead atoms. The van der Waals surface area contributed by atoms with Crippen LogP contribution in [-0.2, 0) is 0 Å². The van der Waals surface area contributed by atoms with Gasteiger partial charge in [-0.1, -0.05) is 18.2 Å². The lowest BCUT2D eigenvalue weighted by Gasteiger charge is -2.21. The number of hydrogen-bond acceptors (Lipinski definition) is 3. The molecule has 0 saturated heterocycles. The Labute approximate surface area is 141 Å². The van der Waals surface area contributed by atoms with Gasteiger partial charge in [0.1, 0.15) is 5.75 Å². The highest BCUT2D eigenvalue weighted by molar-refractivity contribution is 7.80. The van der Waals surface area contributed by atoms with Gasteiger partial charge in [-0.15, -0.1) is 13.2 Å². The van der Waals surface area contributed by atoms with Crippen molar-refractivity contribution in [3.05, 3.63) is 60.2 Å². The fourth-order valence-electron chi connectivity index (χ4n) is 1.83. The summed E-state index contributed by atoms with van der Waals surface area (Å²) >= 11 is 5.14. The van der Waals surface area contributed by atoms with E-state index in [0.717, 1.165) is 0 Å². The van der Waals surface area contributed by atoms with Gasteiger partial charge in [-0.05, 0) is 48.6 Å². The predicted octanol–water partition coefficient (Wildman–Crippen LogP) is 3.74. The topological polar surface area (TPSA) is 41.6 Å². The van der Waals surface area contributed by atoms with E-state index in [-0.39, 0.29) is 16.8 Å². The third-order valence-corrected chi connectivity index (χ3v) is 3.39. The van der Waals surface area contributed by atoms with E-state index in [1.165, 1.54) is 29.2 Å². The zero-order valence-electron chi connectivity index (χ0n) is 12.5. The van der Waals surface area contributed by atoms with Crippen LogP contribution in [0, 0.1) is 0 Å². The lowest BCUT2D eigenvalue weighted by atomic mass is 10.2. The highest BCUT2D eigenvalue weighted by Gasteiger charge is 2.31. The van der Waals surface area contributed by atoms with Gasteiger partial charge in [-0.3, -0.25) is 10.1 Å². The maximum Gasteiger partial charge on any atom is 0.573 e. The summed E-state index contributed by atoms with van der Waals surface area (Å²) in [5.41, 5.74) is 0.949. The summed E-state index contributed by atoms with van der Waals surface area (Å²) in [6.45, 7) is 0. The van der Waals surface area contributed by atoms with Crippen molar-refractivity contribution in [2.24, 2.45) is 0 Å². The second kappa shape index (κ2) is 7.31. The summed E-state index contributed by atoms with van der Waals surface area (Å²) in [5.74, 6) is -0.705. The van der Waals surface area contributed by atoms with Gasteiger partial charge in [-0.2, -0.15) is 0 Å². The Hall–Kier alpha value is -2.61. The van der Waals surface area contributed by atoms with E-state index in [2.05, 4.69) is 10.1 Å². The standard InChI is InChI=1S/C16H13F3N2O2S/c1-21(12-7-9-13(10-8-12)23-16(17,18)19)15(24)20-14(22)11-5-3-2-4-6-11/h2-10H,1H3,(H,20,22,24). The summed E-state index contributed by atoms with van der Waals surface area (Å²) in [5, 5.41) is 2.67. The molecule has 0 aliphatic carbocycles. The number of nitrogens with one attached hydrogen (secondary N) is 1. The van der Waals surface area contributed by atoms with E-state index in [0.29, 0.717) is 11.3 Å². The molecule has 2 rings (SSSR count). The third-order valence-electron chi connectivity index (χ3n) is 3.02. The van der Waals surface area contributed by atoms with E-state index in [1.54, 1.807) is 37.4 Å². The van der Waals surface area contributed by atoms with Gasteiger partial charge in [0.2, 0.25) is 0 Å². The minimum absolute atomic E-state index is 0.119. The van der Waals surface area contributed by atoms with Crippen molar-refractivity contribution in [3.8, 4) is 5.75 Å². The van der Waals surface area contributed by atoms with Gasteiger partial charge in [0.25, 0.3) is 5.91 Å². The van der Waals surface area contributed by atoms with Crippen molar-refractivity contribution in [1.29, 1.82) is 0 Å². The van der Waals surface area contributed by atoms with Gasteiger partial charge >= 0.3 is 6.36 Å². The second-order valence-corrected chi connectivity index (χ2v) is 5.11. The van der Waals surface area contributed by atoms with Gasteiger partial charge in [0.05, 0.1) is 0 Å². The molecule has 0 atom stereocenters. The molecule has 0 spiro atoms. The van der Waals surface area contributed by atoms with Gasteiger partial charge < -0.3 is 9.64 Å². The summed E-state index contributed by atoms with van der Waals surface area (Å²) in [6, 6.07) is 13.7. The average molecular weight is 354 g/mol. The van der Waals surface area contributed by atoms with Gasteiger partial charge in [0.15, 0.2) is 5.11 Å². The molecule has 0 saturated carbocycles. The minimum Gasteiger partial charge on any atom is -0.406 e.